The Morgan fingerprint density at radius 2 is 1.83 bits per heavy atom. The second-order valence-corrected chi connectivity index (χ2v) is 5.88. The Labute approximate surface area is 113 Å². The van der Waals surface area contributed by atoms with Crippen LogP contribution in [0.15, 0.2) is 30.3 Å². The molecule has 0 atom stereocenters. The third-order valence-corrected chi connectivity index (χ3v) is 3.63. The quantitative estimate of drug-likeness (QED) is 0.695. The highest BCUT2D eigenvalue weighted by atomic mass is 32.1. The number of benzene rings is 1. The molecule has 18 heavy (non-hydrogen) atoms. The van der Waals surface area contributed by atoms with Gasteiger partial charge in [0.25, 0.3) is 0 Å². The second-order valence-electron chi connectivity index (χ2n) is 5.04. The Kier molecular flexibility index (Phi) is 4.07. The molecular weight excluding hydrogens is 240 g/mol. The van der Waals surface area contributed by atoms with Gasteiger partial charge in [0.1, 0.15) is 5.75 Å². The van der Waals surface area contributed by atoms with E-state index in [2.05, 4.69) is 51.3 Å². The van der Waals surface area contributed by atoms with Crippen LogP contribution in [0.25, 0.3) is 0 Å². The Morgan fingerprint density at radius 1 is 1.06 bits per heavy atom. The van der Waals surface area contributed by atoms with Crippen molar-refractivity contribution in [1.29, 1.82) is 0 Å². The van der Waals surface area contributed by atoms with Gasteiger partial charge in [0.05, 0.1) is 0 Å². The summed E-state index contributed by atoms with van der Waals surface area (Å²) in [5.74, 6) is 1.95. The summed E-state index contributed by atoms with van der Waals surface area (Å²) in [5, 5.41) is 3.95. The molecule has 0 aliphatic rings. The fourth-order valence-electron chi connectivity index (χ4n) is 2.16. The van der Waals surface area contributed by atoms with E-state index in [0.717, 1.165) is 10.8 Å². The van der Waals surface area contributed by atoms with E-state index in [1.54, 1.807) is 0 Å². The molecule has 1 aromatic carbocycles. The van der Waals surface area contributed by atoms with Gasteiger partial charge in [-0.25, -0.2) is 0 Å². The van der Waals surface area contributed by atoms with Crippen molar-refractivity contribution >= 4 is 11.3 Å². The summed E-state index contributed by atoms with van der Waals surface area (Å²) in [5.41, 5.74) is 2.70. The molecule has 0 amide bonds. The fourth-order valence-corrected chi connectivity index (χ4v) is 2.68. The molecule has 0 fully saturated rings. The van der Waals surface area contributed by atoms with Gasteiger partial charge >= 0.3 is 0 Å². The smallest absolute Gasteiger partial charge is 0.181 e. The Hall–Kier alpha value is -1.28. The molecule has 0 saturated carbocycles. The average molecular weight is 259 g/mol. The SMILES string of the molecule is CC(C)c1cccc(Oc2cc[c]s2)c1C(C)C. The predicted molar refractivity (Wildman–Crippen MR) is 77.8 cm³/mol. The first-order valence-corrected chi connectivity index (χ1v) is 7.17. The normalized spacial score (nSPS) is 11.2. The summed E-state index contributed by atoms with van der Waals surface area (Å²) >= 11 is 1.51. The highest BCUT2D eigenvalue weighted by molar-refractivity contribution is 7.11. The lowest BCUT2D eigenvalue weighted by Gasteiger charge is -2.19. The van der Waals surface area contributed by atoms with Crippen molar-refractivity contribution in [3.8, 4) is 10.8 Å². The van der Waals surface area contributed by atoms with Crippen LogP contribution in [0.2, 0.25) is 0 Å². The van der Waals surface area contributed by atoms with Crippen LogP contribution in [0.3, 0.4) is 0 Å². The highest BCUT2D eigenvalue weighted by Crippen LogP contribution is 2.37. The van der Waals surface area contributed by atoms with Crippen molar-refractivity contribution in [3.05, 3.63) is 46.8 Å². The topological polar surface area (TPSA) is 9.23 Å². The molecule has 95 valence electrons. The van der Waals surface area contributed by atoms with Gasteiger partial charge in [0, 0.05) is 10.9 Å². The number of thiophene rings is 1. The van der Waals surface area contributed by atoms with Crippen molar-refractivity contribution in [2.45, 2.75) is 39.5 Å². The first-order chi connectivity index (χ1) is 8.59. The lowest BCUT2D eigenvalue weighted by atomic mass is 9.90. The zero-order valence-corrected chi connectivity index (χ0v) is 12.2. The van der Waals surface area contributed by atoms with E-state index in [4.69, 9.17) is 4.74 Å². The average Bonchev–Trinajstić information content (AvgIpc) is 2.81. The first-order valence-electron chi connectivity index (χ1n) is 6.36. The molecular formula is C16H19OS. The zero-order valence-electron chi connectivity index (χ0n) is 11.4. The van der Waals surface area contributed by atoms with E-state index in [9.17, 15) is 0 Å². The summed E-state index contributed by atoms with van der Waals surface area (Å²) in [6.45, 7) is 8.89. The van der Waals surface area contributed by atoms with E-state index in [0.29, 0.717) is 11.8 Å². The molecule has 2 heteroatoms. The number of rotatable bonds is 4. The van der Waals surface area contributed by atoms with Crippen molar-refractivity contribution in [2.24, 2.45) is 0 Å². The number of hydrogen-bond donors (Lipinski definition) is 0. The first kappa shape index (κ1) is 13.2. The minimum absolute atomic E-state index is 0.461. The van der Waals surface area contributed by atoms with Gasteiger partial charge in [-0.2, -0.15) is 0 Å². The van der Waals surface area contributed by atoms with Crippen LogP contribution in [0.4, 0.5) is 0 Å². The van der Waals surface area contributed by atoms with Crippen LogP contribution < -0.4 is 4.74 Å². The van der Waals surface area contributed by atoms with Gasteiger partial charge in [-0.05, 0) is 35.6 Å². The molecule has 1 aromatic heterocycles. The zero-order chi connectivity index (χ0) is 13.1. The molecule has 0 aliphatic carbocycles. The number of ether oxygens (including phenoxy) is 1. The minimum atomic E-state index is 0.461. The standard InChI is InChI=1S/C16H19OS/c1-11(2)13-7-5-8-14(16(13)12(3)4)17-15-9-6-10-18-15/h5-9,11-12H,1-4H3. The fraction of sp³-hybridized carbons (Fsp3) is 0.375. The maximum Gasteiger partial charge on any atom is 0.181 e. The summed E-state index contributed by atoms with van der Waals surface area (Å²) in [6.07, 6.45) is 0. The van der Waals surface area contributed by atoms with Crippen LogP contribution in [-0.4, -0.2) is 0 Å². The van der Waals surface area contributed by atoms with E-state index in [1.165, 1.54) is 22.5 Å². The van der Waals surface area contributed by atoms with Gasteiger partial charge in [0.15, 0.2) is 5.06 Å². The summed E-state index contributed by atoms with van der Waals surface area (Å²) in [6, 6.07) is 10.2. The van der Waals surface area contributed by atoms with Crippen LogP contribution in [-0.2, 0) is 0 Å². The maximum atomic E-state index is 5.99. The van der Waals surface area contributed by atoms with Crippen LogP contribution >= 0.6 is 11.3 Å². The van der Waals surface area contributed by atoms with Gasteiger partial charge in [-0.1, -0.05) is 51.2 Å². The molecule has 0 N–H and O–H groups in total. The Bertz CT molecular complexity index is 498. The van der Waals surface area contributed by atoms with E-state index < -0.39 is 0 Å². The Morgan fingerprint density at radius 3 is 2.39 bits per heavy atom. The lowest BCUT2D eigenvalue weighted by Crippen LogP contribution is -2.01. The molecule has 0 bridgehead atoms. The molecule has 0 spiro atoms. The van der Waals surface area contributed by atoms with Crippen LogP contribution in [0.5, 0.6) is 10.8 Å². The monoisotopic (exact) mass is 259 g/mol. The second kappa shape index (κ2) is 5.57. The van der Waals surface area contributed by atoms with Gasteiger partial charge in [0.2, 0.25) is 0 Å². The van der Waals surface area contributed by atoms with E-state index in [-0.39, 0.29) is 0 Å². The van der Waals surface area contributed by atoms with Crippen LogP contribution in [0, 0.1) is 5.38 Å². The highest BCUT2D eigenvalue weighted by Gasteiger charge is 2.15. The predicted octanol–water partition coefficient (Wildman–Crippen LogP) is 5.59. The third kappa shape index (κ3) is 2.75. The van der Waals surface area contributed by atoms with Crippen molar-refractivity contribution in [1.82, 2.24) is 0 Å². The molecule has 0 unspecified atom stereocenters. The molecule has 2 rings (SSSR count). The van der Waals surface area contributed by atoms with Crippen molar-refractivity contribution in [2.75, 3.05) is 0 Å². The van der Waals surface area contributed by atoms with E-state index >= 15 is 0 Å². The van der Waals surface area contributed by atoms with Crippen molar-refractivity contribution in [3.63, 3.8) is 0 Å². The molecule has 1 radical (unpaired) electrons. The van der Waals surface area contributed by atoms with E-state index in [1.807, 2.05) is 12.1 Å². The van der Waals surface area contributed by atoms with Gasteiger partial charge < -0.3 is 4.74 Å². The lowest BCUT2D eigenvalue weighted by molar-refractivity contribution is 0.484. The van der Waals surface area contributed by atoms with Gasteiger partial charge in [-0.3, -0.25) is 0 Å². The summed E-state index contributed by atoms with van der Waals surface area (Å²) in [4.78, 5) is 0. The third-order valence-electron chi connectivity index (χ3n) is 2.96. The summed E-state index contributed by atoms with van der Waals surface area (Å²) in [7, 11) is 0. The minimum Gasteiger partial charge on any atom is -0.446 e. The van der Waals surface area contributed by atoms with Crippen molar-refractivity contribution < 1.29 is 4.74 Å². The molecule has 0 saturated heterocycles. The molecule has 0 aliphatic heterocycles. The number of hydrogen-bond acceptors (Lipinski definition) is 2. The van der Waals surface area contributed by atoms with Gasteiger partial charge in [-0.15, -0.1) is 0 Å². The summed E-state index contributed by atoms with van der Waals surface area (Å²) < 4.78 is 5.99. The maximum absolute atomic E-state index is 5.99. The molecule has 2 aromatic rings. The molecule has 1 heterocycles. The Balaban J connectivity index is 2.43. The van der Waals surface area contributed by atoms with Crippen LogP contribution in [0.1, 0.15) is 50.7 Å². The largest absolute Gasteiger partial charge is 0.446 e. The molecule has 1 nitrogen and oxygen atoms in total.